The van der Waals surface area contributed by atoms with Gasteiger partial charge in [-0.15, -0.1) is 0 Å². The summed E-state index contributed by atoms with van der Waals surface area (Å²) in [7, 11) is 0. The van der Waals surface area contributed by atoms with Gasteiger partial charge >= 0.3 is 12.2 Å². The van der Waals surface area contributed by atoms with E-state index in [4.69, 9.17) is 9.84 Å². The van der Waals surface area contributed by atoms with Crippen LogP contribution in [0, 0.1) is 5.92 Å². The van der Waals surface area contributed by atoms with Gasteiger partial charge in [0.25, 0.3) is 0 Å². The molecule has 2 aliphatic rings. The lowest BCUT2D eigenvalue weighted by molar-refractivity contribution is -0.199. The maximum Gasteiger partial charge on any atom is 0.394 e. The summed E-state index contributed by atoms with van der Waals surface area (Å²) < 4.78 is 57.5. The topological polar surface area (TPSA) is 107 Å². The fourth-order valence-electron chi connectivity index (χ4n) is 3.68. The molecular weight excluding hydrogens is 398 g/mol. The van der Waals surface area contributed by atoms with Crippen molar-refractivity contribution in [3.8, 4) is 0 Å². The average molecular weight is 429 g/mol. The summed E-state index contributed by atoms with van der Waals surface area (Å²) in [5.41, 5.74) is 0. The van der Waals surface area contributed by atoms with E-state index >= 15 is 0 Å². The highest BCUT2D eigenvalue weighted by molar-refractivity contribution is 5.74. The number of aliphatic hydroxyl groups excluding tert-OH is 1. The van der Waals surface area contributed by atoms with Crippen molar-refractivity contribution < 1.29 is 32.2 Å². The zero-order chi connectivity index (χ0) is 21.4. The van der Waals surface area contributed by atoms with Crippen LogP contribution in [0.5, 0.6) is 0 Å². The largest absolute Gasteiger partial charge is 0.394 e. The number of ether oxygens (including phenoxy) is 1. The van der Waals surface area contributed by atoms with Crippen molar-refractivity contribution in [2.24, 2.45) is 5.92 Å². The van der Waals surface area contributed by atoms with E-state index < -0.39 is 43.0 Å². The Bertz CT molecular complexity index is 514. The molecule has 0 radical (unpaired) electrons. The van der Waals surface area contributed by atoms with Gasteiger partial charge in [-0.3, -0.25) is 16.0 Å². The molecule has 8 nitrogen and oxygen atoms in total. The molecule has 6 unspecified atom stereocenters. The van der Waals surface area contributed by atoms with Crippen LogP contribution in [-0.2, 0) is 4.74 Å². The van der Waals surface area contributed by atoms with Gasteiger partial charge < -0.3 is 20.5 Å². The maximum absolute atomic E-state index is 13.6. The second kappa shape index (κ2) is 11.3. The van der Waals surface area contributed by atoms with E-state index in [-0.39, 0.29) is 38.3 Å². The Hall–Kier alpha value is -1.21. The van der Waals surface area contributed by atoms with Gasteiger partial charge in [0, 0.05) is 18.6 Å². The molecule has 6 atom stereocenters. The van der Waals surface area contributed by atoms with E-state index in [1.807, 2.05) is 6.92 Å². The summed E-state index contributed by atoms with van der Waals surface area (Å²) in [6.45, 7) is 3.15. The molecule has 0 aromatic heterocycles. The molecule has 1 saturated carbocycles. The van der Waals surface area contributed by atoms with Gasteiger partial charge in [-0.2, -0.15) is 13.2 Å². The van der Waals surface area contributed by atoms with Crippen LogP contribution < -0.4 is 26.6 Å². The van der Waals surface area contributed by atoms with Crippen LogP contribution in [0.4, 0.5) is 22.4 Å². The minimum atomic E-state index is -4.61. The third-order valence-corrected chi connectivity index (χ3v) is 5.08. The monoisotopic (exact) mass is 429 g/mol. The first-order chi connectivity index (χ1) is 13.7. The van der Waals surface area contributed by atoms with Crippen LogP contribution in [0.2, 0.25) is 0 Å². The number of nitrogens with one attached hydrogen (secondary N) is 5. The highest BCUT2D eigenvalue weighted by Crippen LogP contribution is 2.39. The quantitative estimate of drug-likeness (QED) is 0.248. The first-order valence-corrected chi connectivity index (χ1v) is 9.91. The van der Waals surface area contributed by atoms with Gasteiger partial charge in [-0.25, -0.2) is 9.18 Å². The number of aliphatic hydroxyl groups is 1. The van der Waals surface area contributed by atoms with Crippen molar-refractivity contribution in [1.82, 2.24) is 26.6 Å². The van der Waals surface area contributed by atoms with Crippen LogP contribution in [0.1, 0.15) is 32.6 Å². The van der Waals surface area contributed by atoms with E-state index in [9.17, 15) is 22.4 Å². The Morgan fingerprint density at radius 1 is 1.17 bits per heavy atom. The van der Waals surface area contributed by atoms with Gasteiger partial charge in [-0.05, 0) is 32.6 Å². The number of carbonyl (C=O) groups excluding carboxylic acids is 1. The number of alkyl halides is 4. The molecule has 29 heavy (non-hydrogen) atoms. The van der Waals surface area contributed by atoms with Gasteiger partial charge in [0.15, 0.2) is 0 Å². The molecule has 1 heterocycles. The second-order valence-electron chi connectivity index (χ2n) is 7.54. The standard InChI is InChI=1S/C17H31F4N5O3/c1-10-8-14(22-4-6-29-7-5-27)25-15(23-10)26-16(28)24-11-2-3-13(18)12(9-11)17(19,20)21/h10-15,22-23,25,27H,2-9H2,1H3,(H2,24,26,28). The first-order valence-electron chi connectivity index (χ1n) is 9.91. The minimum Gasteiger partial charge on any atom is -0.394 e. The molecule has 2 rings (SSSR count). The van der Waals surface area contributed by atoms with E-state index in [1.54, 1.807) is 0 Å². The van der Waals surface area contributed by atoms with Crippen molar-refractivity contribution in [1.29, 1.82) is 0 Å². The molecule has 0 spiro atoms. The van der Waals surface area contributed by atoms with Crippen LogP contribution in [0.3, 0.4) is 0 Å². The molecule has 2 amide bonds. The Balaban J connectivity index is 1.76. The number of amides is 2. The Morgan fingerprint density at radius 2 is 1.93 bits per heavy atom. The maximum atomic E-state index is 13.6. The number of carbonyl (C=O) groups is 1. The Kier molecular flexibility index (Phi) is 9.34. The molecule has 1 aliphatic heterocycles. The fourth-order valence-corrected chi connectivity index (χ4v) is 3.68. The molecule has 0 aromatic carbocycles. The predicted octanol–water partition coefficient (Wildman–Crippen LogP) is 0.534. The molecule has 0 bridgehead atoms. The number of hydrogen-bond donors (Lipinski definition) is 6. The third-order valence-electron chi connectivity index (χ3n) is 5.08. The van der Waals surface area contributed by atoms with Gasteiger partial charge in [0.05, 0.1) is 31.9 Å². The van der Waals surface area contributed by atoms with Crippen LogP contribution in [0.25, 0.3) is 0 Å². The second-order valence-corrected chi connectivity index (χ2v) is 7.54. The van der Waals surface area contributed by atoms with Crippen LogP contribution in [-0.4, -0.2) is 74.4 Å². The lowest BCUT2D eigenvalue weighted by Crippen LogP contribution is -2.68. The summed E-state index contributed by atoms with van der Waals surface area (Å²) in [5, 5.41) is 23.3. The smallest absolute Gasteiger partial charge is 0.394 e. The van der Waals surface area contributed by atoms with Gasteiger partial charge in [0.1, 0.15) is 12.5 Å². The predicted molar refractivity (Wildman–Crippen MR) is 97.6 cm³/mol. The number of rotatable bonds is 8. The zero-order valence-electron chi connectivity index (χ0n) is 16.4. The zero-order valence-corrected chi connectivity index (χ0v) is 16.4. The summed E-state index contributed by atoms with van der Waals surface area (Å²) in [6.07, 6.45) is -7.00. The molecule has 12 heteroatoms. The highest BCUT2D eigenvalue weighted by Gasteiger charge is 2.48. The van der Waals surface area contributed by atoms with E-state index in [2.05, 4.69) is 26.6 Å². The van der Waals surface area contributed by atoms with Crippen LogP contribution >= 0.6 is 0 Å². The van der Waals surface area contributed by atoms with Crippen molar-refractivity contribution in [2.75, 3.05) is 26.4 Å². The molecule has 1 aliphatic carbocycles. The molecule has 6 N–H and O–H groups in total. The van der Waals surface area contributed by atoms with Crippen molar-refractivity contribution >= 4 is 6.03 Å². The van der Waals surface area contributed by atoms with E-state index in [0.717, 1.165) is 6.42 Å². The van der Waals surface area contributed by atoms with E-state index in [0.29, 0.717) is 13.2 Å². The number of hydrogen-bond acceptors (Lipinski definition) is 6. The fraction of sp³-hybridized carbons (Fsp3) is 0.941. The molecule has 1 saturated heterocycles. The lowest BCUT2D eigenvalue weighted by atomic mass is 9.84. The van der Waals surface area contributed by atoms with Gasteiger partial charge in [-0.1, -0.05) is 0 Å². The molecule has 0 aromatic rings. The lowest BCUT2D eigenvalue weighted by Gasteiger charge is -2.38. The average Bonchev–Trinajstić information content (AvgIpc) is 2.61. The molecular formula is C17H31F4N5O3. The normalized spacial score (nSPS) is 33.3. The summed E-state index contributed by atoms with van der Waals surface area (Å²) >= 11 is 0. The minimum absolute atomic E-state index is 0.0412. The summed E-state index contributed by atoms with van der Waals surface area (Å²) in [6, 6.07) is -1.27. The van der Waals surface area contributed by atoms with Gasteiger partial charge in [0.2, 0.25) is 0 Å². The van der Waals surface area contributed by atoms with E-state index in [1.165, 1.54) is 0 Å². The van der Waals surface area contributed by atoms with Crippen molar-refractivity contribution in [3.63, 3.8) is 0 Å². The third kappa shape index (κ3) is 8.21. The molecule has 2 fully saturated rings. The SMILES string of the molecule is CC1CC(NCCOCCO)NC(NC(=O)NC2CCC(F)C(C(F)(F)F)C2)N1. The summed E-state index contributed by atoms with van der Waals surface area (Å²) in [4.78, 5) is 12.2. The van der Waals surface area contributed by atoms with Crippen molar-refractivity contribution in [3.05, 3.63) is 0 Å². The van der Waals surface area contributed by atoms with Crippen molar-refractivity contribution in [2.45, 2.75) is 69.5 Å². The first kappa shape index (κ1) is 24.1. The highest BCUT2D eigenvalue weighted by atomic mass is 19.4. The molecule has 170 valence electrons. The number of urea groups is 1. The van der Waals surface area contributed by atoms with Crippen LogP contribution in [0.15, 0.2) is 0 Å². The summed E-state index contributed by atoms with van der Waals surface area (Å²) in [5.74, 6) is -2.05. The Labute approximate surface area is 167 Å². The number of halogens is 4. The Morgan fingerprint density at radius 3 is 2.62 bits per heavy atom.